The molecule has 178 valence electrons. The molecule has 1 aliphatic carbocycles. The minimum atomic E-state index is 0.625. The van der Waals surface area contributed by atoms with Crippen molar-refractivity contribution in [3.8, 4) is 28.3 Å². The van der Waals surface area contributed by atoms with Gasteiger partial charge in [-0.3, -0.25) is 10.00 Å². The number of piperazine rings is 1. The lowest BCUT2D eigenvalue weighted by Crippen LogP contribution is -2.50. The number of methoxy groups -OCH3 is 1. The first-order chi connectivity index (χ1) is 17.3. The Balaban J connectivity index is 1.24. The zero-order valence-electron chi connectivity index (χ0n) is 20.1. The second kappa shape index (κ2) is 8.34. The summed E-state index contributed by atoms with van der Waals surface area (Å²) in [6.07, 6.45) is 7.05. The predicted molar refractivity (Wildman–Crippen MR) is 138 cm³/mol. The Morgan fingerprint density at radius 2 is 1.91 bits per heavy atom. The van der Waals surface area contributed by atoms with Crippen molar-refractivity contribution in [1.29, 1.82) is 0 Å². The number of fused-ring (bicyclic) bond motifs is 2. The average molecular weight is 467 g/mol. The van der Waals surface area contributed by atoms with E-state index in [1.54, 1.807) is 7.11 Å². The van der Waals surface area contributed by atoms with Crippen LogP contribution in [0.1, 0.15) is 37.2 Å². The molecular weight excluding hydrogens is 436 g/mol. The van der Waals surface area contributed by atoms with E-state index in [0.717, 1.165) is 64.7 Å². The lowest BCUT2D eigenvalue weighted by atomic mass is 9.99. The van der Waals surface area contributed by atoms with E-state index < -0.39 is 0 Å². The summed E-state index contributed by atoms with van der Waals surface area (Å²) in [4.78, 5) is 15.0. The van der Waals surface area contributed by atoms with E-state index >= 15 is 0 Å². The second-order valence-corrected chi connectivity index (χ2v) is 10.1. The normalized spacial score (nSPS) is 20.4. The Kier molecular flexibility index (Phi) is 4.98. The smallest absolute Gasteiger partial charge is 0.147 e. The maximum atomic E-state index is 5.76. The molecule has 5 heterocycles. The van der Waals surface area contributed by atoms with E-state index in [2.05, 4.69) is 56.4 Å². The van der Waals surface area contributed by atoms with Crippen LogP contribution in [-0.2, 0) is 0 Å². The summed E-state index contributed by atoms with van der Waals surface area (Å²) in [6, 6.07) is 15.5. The third kappa shape index (κ3) is 3.65. The summed E-state index contributed by atoms with van der Waals surface area (Å²) < 4.78 is 5.76. The molecule has 35 heavy (non-hydrogen) atoms. The van der Waals surface area contributed by atoms with E-state index in [0.29, 0.717) is 12.0 Å². The molecular formula is C28H30N6O. The van der Waals surface area contributed by atoms with Gasteiger partial charge in [0.25, 0.3) is 0 Å². The van der Waals surface area contributed by atoms with Crippen LogP contribution in [0.3, 0.4) is 0 Å². The molecule has 1 saturated carbocycles. The number of pyridine rings is 2. The molecule has 1 atom stereocenters. The summed E-state index contributed by atoms with van der Waals surface area (Å²) in [5.41, 5.74) is 6.90. The zero-order chi connectivity index (χ0) is 23.4. The van der Waals surface area contributed by atoms with Crippen LogP contribution in [0.5, 0.6) is 5.75 Å². The summed E-state index contributed by atoms with van der Waals surface area (Å²) in [5.74, 6) is 2.44. The number of hydrogen-bond acceptors (Lipinski definition) is 6. The molecule has 7 heteroatoms. The Hall–Kier alpha value is -3.45. The fourth-order valence-corrected chi connectivity index (χ4v) is 5.85. The van der Waals surface area contributed by atoms with Crippen molar-refractivity contribution in [2.75, 3.05) is 38.2 Å². The largest absolute Gasteiger partial charge is 0.494 e. The van der Waals surface area contributed by atoms with Gasteiger partial charge in [-0.2, -0.15) is 5.10 Å². The van der Waals surface area contributed by atoms with E-state index in [1.807, 2.05) is 12.3 Å². The number of aromatic nitrogens is 4. The number of nitrogens with one attached hydrogen (secondary N) is 1. The fourth-order valence-electron chi connectivity index (χ4n) is 5.85. The molecule has 0 bridgehead atoms. The SMILES string of the molecule is COc1cc2[nH]nc(-c3ccc(N4CCN5CCCC5C4)nc3)c2nc1-c1ccccc1C1CC1. The van der Waals surface area contributed by atoms with Crippen molar-refractivity contribution >= 4 is 16.9 Å². The van der Waals surface area contributed by atoms with Crippen molar-refractivity contribution in [3.05, 3.63) is 54.2 Å². The predicted octanol–water partition coefficient (Wildman–Crippen LogP) is 4.86. The van der Waals surface area contributed by atoms with Crippen molar-refractivity contribution in [1.82, 2.24) is 25.1 Å². The first-order valence-corrected chi connectivity index (χ1v) is 12.8. The molecule has 0 amide bonds. The van der Waals surface area contributed by atoms with E-state index in [4.69, 9.17) is 14.7 Å². The topological polar surface area (TPSA) is 70.2 Å². The molecule has 1 unspecified atom stereocenters. The Morgan fingerprint density at radius 3 is 2.74 bits per heavy atom. The first-order valence-electron chi connectivity index (χ1n) is 12.8. The molecule has 7 rings (SSSR count). The highest BCUT2D eigenvalue weighted by atomic mass is 16.5. The summed E-state index contributed by atoms with van der Waals surface area (Å²) in [6.45, 7) is 4.50. The number of nitrogens with zero attached hydrogens (tertiary/aromatic N) is 5. The third-order valence-corrected chi connectivity index (χ3v) is 7.89. The van der Waals surface area contributed by atoms with Crippen LogP contribution in [0.15, 0.2) is 48.7 Å². The van der Waals surface area contributed by atoms with Gasteiger partial charge in [0.15, 0.2) is 0 Å². The van der Waals surface area contributed by atoms with Crippen LogP contribution in [0.2, 0.25) is 0 Å². The Morgan fingerprint density at radius 1 is 1.00 bits per heavy atom. The van der Waals surface area contributed by atoms with Crippen LogP contribution in [0.4, 0.5) is 5.82 Å². The molecule has 0 radical (unpaired) electrons. The number of rotatable bonds is 5. The first kappa shape index (κ1) is 20.9. The van der Waals surface area contributed by atoms with Crippen molar-refractivity contribution in [3.63, 3.8) is 0 Å². The summed E-state index contributed by atoms with van der Waals surface area (Å²) in [7, 11) is 1.71. The Labute approximate surface area is 205 Å². The molecule has 4 aromatic rings. The number of benzene rings is 1. The van der Waals surface area contributed by atoms with Gasteiger partial charge in [0.2, 0.25) is 0 Å². The molecule has 2 saturated heterocycles. The number of hydrogen-bond donors (Lipinski definition) is 1. The fraction of sp³-hybridized carbons (Fsp3) is 0.393. The second-order valence-electron chi connectivity index (χ2n) is 10.1. The van der Waals surface area contributed by atoms with Gasteiger partial charge in [0.05, 0.1) is 12.6 Å². The van der Waals surface area contributed by atoms with Crippen LogP contribution >= 0.6 is 0 Å². The Bertz CT molecular complexity index is 1380. The molecule has 3 fully saturated rings. The minimum absolute atomic E-state index is 0.625. The molecule has 7 nitrogen and oxygen atoms in total. The van der Waals surface area contributed by atoms with Crippen molar-refractivity contribution in [2.24, 2.45) is 0 Å². The minimum Gasteiger partial charge on any atom is -0.494 e. The quantitative estimate of drug-likeness (QED) is 0.453. The van der Waals surface area contributed by atoms with Crippen molar-refractivity contribution in [2.45, 2.75) is 37.6 Å². The third-order valence-electron chi connectivity index (χ3n) is 7.89. The molecule has 3 aliphatic rings. The number of anilines is 1. The molecule has 3 aromatic heterocycles. The zero-order valence-corrected chi connectivity index (χ0v) is 20.1. The van der Waals surface area contributed by atoms with Gasteiger partial charge < -0.3 is 9.64 Å². The molecule has 2 aliphatic heterocycles. The highest BCUT2D eigenvalue weighted by Crippen LogP contribution is 2.46. The van der Waals surface area contributed by atoms with Gasteiger partial charge in [0.1, 0.15) is 28.5 Å². The standard InChI is InChI=1S/C28H30N6O/c1-35-24-15-23-28(30-27(24)22-7-3-2-6-21(22)18-8-9-18)26(32-31-23)19-10-11-25(29-16-19)34-14-13-33-12-4-5-20(33)17-34/h2-3,6-7,10-11,15-16,18,20H,4-5,8-9,12-14,17H2,1H3,(H,31,32). The average Bonchev–Trinajstić information content (AvgIpc) is 3.51. The maximum absolute atomic E-state index is 5.76. The van der Waals surface area contributed by atoms with Crippen molar-refractivity contribution < 1.29 is 4.74 Å². The highest BCUT2D eigenvalue weighted by Gasteiger charge is 2.31. The van der Waals surface area contributed by atoms with Crippen LogP contribution in [0, 0.1) is 0 Å². The van der Waals surface area contributed by atoms with E-state index in [9.17, 15) is 0 Å². The molecule has 1 aromatic carbocycles. The molecule has 1 N–H and O–H groups in total. The van der Waals surface area contributed by atoms with Gasteiger partial charge in [-0.25, -0.2) is 9.97 Å². The van der Waals surface area contributed by atoms with Crippen LogP contribution in [0.25, 0.3) is 33.5 Å². The lowest BCUT2D eigenvalue weighted by molar-refractivity contribution is 0.230. The van der Waals surface area contributed by atoms with Crippen LogP contribution < -0.4 is 9.64 Å². The lowest BCUT2D eigenvalue weighted by Gasteiger charge is -2.38. The van der Waals surface area contributed by atoms with Gasteiger partial charge in [-0.1, -0.05) is 24.3 Å². The molecule has 0 spiro atoms. The van der Waals surface area contributed by atoms with Gasteiger partial charge in [-0.05, 0) is 55.8 Å². The van der Waals surface area contributed by atoms with Gasteiger partial charge in [0, 0.05) is 49.1 Å². The maximum Gasteiger partial charge on any atom is 0.147 e. The summed E-state index contributed by atoms with van der Waals surface area (Å²) >= 11 is 0. The highest BCUT2D eigenvalue weighted by molar-refractivity contribution is 5.93. The van der Waals surface area contributed by atoms with E-state index in [-0.39, 0.29) is 0 Å². The summed E-state index contributed by atoms with van der Waals surface area (Å²) in [5, 5.41) is 7.78. The van der Waals surface area contributed by atoms with E-state index in [1.165, 1.54) is 37.8 Å². The van der Waals surface area contributed by atoms with Crippen LogP contribution in [-0.4, -0.2) is 64.4 Å². The number of H-pyrrole nitrogens is 1. The van der Waals surface area contributed by atoms with Gasteiger partial charge in [-0.15, -0.1) is 0 Å². The monoisotopic (exact) mass is 466 g/mol. The number of aromatic amines is 1. The van der Waals surface area contributed by atoms with Gasteiger partial charge >= 0.3 is 0 Å². The number of ether oxygens (including phenoxy) is 1.